The van der Waals surface area contributed by atoms with E-state index in [4.69, 9.17) is 0 Å². The monoisotopic (exact) mass is 503 g/mol. The van der Waals surface area contributed by atoms with Gasteiger partial charge in [0.15, 0.2) is 0 Å². The van der Waals surface area contributed by atoms with E-state index in [1.807, 2.05) is 24.1 Å². The Morgan fingerprint density at radius 3 is 2.35 bits per heavy atom. The van der Waals surface area contributed by atoms with Gasteiger partial charge in [0.25, 0.3) is 5.91 Å². The number of benzene rings is 1. The zero-order chi connectivity index (χ0) is 28.0. The van der Waals surface area contributed by atoms with Crippen molar-refractivity contribution in [1.29, 1.82) is 0 Å². The van der Waals surface area contributed by atoms with Crippen LogP contribution in [0, 0.1) is 12.8 Å². The summed E-state index contributed by atoms with van der Waals surface area (Å²) in [6.45, 7) is 23.4. The normalized spacial score (nSPS) is 17.0. The molecule has 0 fully saturated rings. The van der Waals surface area contributed by atoms with E-state index in [2.05, 4.69) is 98.1 Å². The second-order valence-electron chi connectivity index (χ2n) is 10.9. The quantitative estimate of drug-likeness (QED) is 0.243. The predicted molar refractivity (Wildman–Crippen MR) is 160 cm³/mol. The first kappa shape index (κ1) is 30.2. The first-order valence-electron chi connectivity index (χ1n) is 13.5. The first-order valence-corrected chi connectivity index (χ1v) is 13.5. The van der Waals surface area contributed by atoms with Crippen LogP contribution in [0.5, 0.6) is 0 Å². The minimum Gasteiger partial charge on any atom is -0.377 e. The topological polar surface area (TPSA) is 35.6 Å². The molecule has 202 valence electrons. The van der Waals surface area contributed by atoms with Crippen molar-refractivity contribution in [1.82, 2.24) is 9.80 Å². The minimum absolute atomic E-state index is 0.169. The van der Waals surface area contributed by atoms with Crippen LogP contribution in [-0.2, 0) is 4.79 Å². The van der Waals surface area contributed by atoms with Crippen LogP contribution in [0.1, 0.15) is 84.3 Å². The van der Waals surface area contributed by atoms with Gasteiger partial charge in [0.1, 0.15) is 0 Å². The van der Waals surface area contributed by atoms with Gasteiger partial charge in [0.2, 0.25) is 0 Å². The van der Waals surface area contributed by atoms with Crippen molar-refractivity contribution in [3.8, 4) is 0 Å². The molecule has 0 spiro atoms. The maximum Gasteiger partial charge on any atom is 0.271 e. The third kappa shape index (κ3) is 7.06. The summed E-state index contributed by atoms with van der Waals surface area (Å²) in [7, 11) is 6.16. The summed E-state index contributed by atoms with van der Waals surface area (Å²) in [5, 5.41) is 3.16. The SMILES string of the molecule is C=C(C)C(C)CC/C(=C(/C)CC)N(C)C(=C)C(=O)Nc1cccc(C2CC=C(C)C(N(C)C)=C2C)c1C. The molecule has 2 atom stereocenters. The van der Waals surface area contributed by atoms with Crippen LogP contribution in [0.15, 0.2) is 76.8 Å². The second-order valence-corrected chi connectivity index (χ2v) is 10.9. The van der Waals surface area contributed by atoms with Crippen LogP contribution in [0.3, 0.4) is 0 Å². The number of allylic oxidation sites excluding steroid dienone is 6. The highest BCUT2D eigenvalue weighted by molar-refractivity contribution is 6.03. The van der Waals surface area contributed by atoms with Crippen molar-refractivity contribution in [3.63, 3.8) is 0 Å². The molecule has 1 aromatic carbocycles. The number of likely N-dealkylation sites (N-methyl/N-ethyl adjacent to an activating group) is 2. The Morgan fingerprint density at radius 1 is 1.14 bits per heavy atom. The highest BCUT2D eigenvalue weighted by Crippen LogP contribution is 2.40. The lowest BCUT2D eigenvalue weighted by Crippen LogP contribution is -2.28. The van der Waals surface area contributed by atoms with Crippen molar-refractivity contribution in [2.75, 3.05) is 26.5 Å². The number of amides is 1. The van der Waals surface area contributed by atoms with E-state index in [0.29, 0.717) is 17.5 Å². The highest BCUT2D eigenvalue weighted by atomic mass is 16.2. The summed E-state index contributed by atoms with van der Waals surface area (Å²) in [5.41, 5.74) is 11.3. The van der Waals surface area contributed by atoms with E-state index in [9.17, 15) is 4.79 Å². The van der Waals surface area contributed by atoms with Gasteiger partial charge in [-0.15, -0.1) is 0 Å². The summed E-state index contributed by atoms with van der Waals surface area (Å²) < 4.78 is 0. The molecule has 37 heavy (non-hydrogen) atoms. The Balaban J connectivity index is 2.28. The van der Waals surface area contributed by atoms with Crippen molar-refractivity contribution >= 4 is 11.6 Å². The fourth-order valence-corrected chi connectivity index (χ4v) is 5.26. The number of nitrogens with one attached hydrogen (secondary N) is 1. The van der Waals surface area contributed by atoms with E-state index in [-0.39, 0.29) is 5.91 Å². The molecule has 1 N–H and O–H groups in total. The smallest absolute Gasteiger partial charge is 0.271 e. The fourth-order valence-electron chi connectivity index (χ4n) is 5.26. The van der Waals surface area contributed by atoms with Crippen LogP contribution in [0.4, 0.5) is 5.69 Å². The first-order chi connectivity index (χ1) is 17.3. The Morgan fingerprint density at radius 2 is 1.78 bits per heavy atom. The van der Waals surface area contributed by atoms with Crippen LogP contribution in [-0.4, -0.2) is 36.9 Å². The van der Waals surface area contributed by atoms with Gasteiger partial charge in [-0.1, -0.05) is 56.4 Å². The van der Waals surface area contributed by atoms with Gasteiger partial charge < -0.3 is 15.1 Å². The minimum atomic E-state index is -0.169. The predicted octanol–water partition coefficient (Wildman–Crippen LogP) is 8.32. The molecule has 0 bridgehead atoms. The molecule has 1 amide bonds. The average molecular weight is 504 g/mol. The van der Waals surface area contributed by atoms with Gasteiger partial charge in [-0.3, -0.25) is 4.79 Å². The summed E-state index contributed by atoms with van der Waals surface area (Å²) >= 11 is 0. The number of hydrogen-bond acceptors (Lipinski definition) is 3. The summed E-state index contributed by atoms with van der Waals surface area (Å²) in [4.78, 5) is 17.6. The van der Waals surface area contributed by atoms with Crippen LogP contribution in [0.2, 0.25) is 0 Å². The van der Waals surface area contributed by atoms with Crippen molar-refractivity contribution < 1.29 is 4.79 Å². The van der Waals surface area contributed by atoms with Gasteiger partial charge >= 0.3 is 0 Å². The maximum absolute atomic E-state index is 13.4. The van der Waals surface area contributed by atoms with E-state index in [1.165, 1.54) is 39.2 Å². The van der Waals surface area contributed by atoms with Crippen molar-refractivity contribution in [3.05, 3.63) is 87.9 Å². The molecule has 4 heteroatoms. The average Bonchev–Trinajstić information content (AvgIpc) is 2.84. The molecule has 0 heterocycles. The number of nitrogens with zero attached hydrogens (tertiary/aromatic N) is 2. The molecule has 2 rings (SSSR count). The Hall–Kier alpha value is -3.01. The maximum atomic E-state index is 13.4. The van der Waals surface area contributed by atoms with Gasteiger partial charge in [-0.2, -0.15) is 0 Å². The molecule has 0 saturated heterocycles. The van der Waals surface area contributed by atoms with Gasteiger partial charge in [0.05, 0.1) is 5.70 Å². The zero-order valence-electron chi connectivity index (χ0n) is 25.0. The third-order valence-corrected chi connectivity index (χ3v) is 8.13. The Labute approximate surface area is 226 Å². The lowest BCUT2D eigenvalue weighted by atomic mass is 9.80. The molecule has 1 aromatic rings. The lowest BCUT2D eigenvalue weighted by Gasteiger charge is -2.31. The standard InChI is InChI=1S/C33H49N3O/c1-13-22(4)31(20-18-23(5)21(2)3)36(12)27(9)33(37)34-30-16-14-15-28(25(30)7)29-19-17-24(6)32(26(29)8)35(10)11/h14-17,23,29H,2,9,13,18-20H2,1,3-8,10-12H3,(H,34,37)/b31-22+. The molecule has 0 saturated carbocycles. The molecule has 4 nitrogen and oxygen atoms in total. The largest absolute Gasteiger partial charge is 0.377 e. The van der Waals surface area contributed by atoms with Gasteiger partial charge in [-0.05, 0) is 94.6 Å². The van der Waals surface area contributed by atoms with Gasteiger partial charge in [-0.25, -0.2) is 0 Å². The van der Waals surface area contributed by atoms with Crippen LogP contribution in [0.25, 0.3) is 0 Å². The number of carbonyl (C=O) groups excluding carboxylic acids is 1. The Kier molecular flexibility index (Phi) is 10.6. The summed E-state index contributed by atoms with van der Waals surface area (Å²) in [6, 6.07) is 6.22. The molecular formula is C33H49N3O. The summed E-state index contributed by atoms with van der Waals surface area (Å²) in [6.07, 6.45) is 6.12. The molecular weight excluding hydrogens is 454 g/mol. The Bertz CT molecular complexity index is 1130. The number of rotatable bonds is 11. The summed E-state index contributed by atoms with van der Waals surface area (Å²) in [5.74, 6) is 0.558. The highest BCUT2D eigenvalue weighted by Gasteiger charge is 2.25. The van der Waals surface area contributed by atoms with E-state index >= 15 is 0 Å². The number of carbonyl (C=O) groups is 1. The fraction of sp³-hybridized carbons (Fsp3) is 0.485. The molecule has 2 unspecified atom stereocenters. The number of anilines is 1. The van der Waals surface area contributed by atoms with E-state index in [1.54, 1.807) is 0 Å². The lowest BCUT2D eigenvalue weighted by molar-refractivity contribution is -0.114. The van der Waals surface area contributed by atoms with E-state index in [0.717, 1.165) is 36.9 Å². The van der Waals surface area contributed by atoms with Crippen LogP contribution < -0.4 is 5.32 Å². The van der Waals surface area contributed by atoms with E-state index < -0.39 is 0 Å². The molecule has 0 radical (unpaired) electrons. The molecule has 0 aliphatic heterocycles. The zero-order valence-corrected chi connectivity index (χ0v) is 25.0. The van der Waals surface area contributed by atoms with Crippen LogP contribution >= 0.6 is 0 Å². The third-order valence-electron chi connectivity index (χ3n) is 8.13. The molecule has 1 aliphatic rings. The van der Waals surface area contributed by atoms with Crippen molar-refractivity contribution in [2.24, 2.45) is 5.92 Å². The molecule has 1 aliphatic carbocycles. The second kappa shape index (κ2) is 13.0. The molecule has 0 aromatic heterocycles. The van der Waals surface area contributed by atoms with Crippen molar-refractivity contribution in [2.45, 2.75) is 80.1 Å². The number of hydrogen-bond donors (Lipinski definition) is 1. The van der Waals surface area contributed by atoms with Gasteiger partial charge in [0, 0.05) is 44.1 Å².